The standard InChI is InChI=1S/C7H5F3NO2P.C2H6/c8-2-1(7(12)13)5(11)3(9)4(10)6(2)14;1-2/h11,14H2,(H,12,13);1-2H3. The van der Waals surface area contributed by atoms with Crippen molar-refractivity contribution in [2.24, 2.45) is 0 Å². The molecule has 0 saturated carbocycles. The van der Waals surface area contributed by atoms with Crippen molar-refractivity contribution >= 4 is 26.2 Å². The molecule has 1 unspecified atom stereocenters. The second-order valence-electron chi connectivity index (χ2n) is 2.45. The van der Waals surface area contributed by atoms with Gasteiger partial charge in [0.15, 0.2) is 11.6 Å². The third-order valence-corrected chi connectivity index (χ3v) is 2.11. The van der Waals surface area contributed by atoms with E-state index in [2.05, 4.69) is 0 Å². The highest BCUT2D eigenvalue weighted by Gasteiger charge is 2.24. The van der Waals surface area contributed by atoms with Crippen molar-refractivity contribution in [1.82, 2.24) is 0 Å². The van der Waals surface area contributed by atoms with E-state index in [1.54, 1.807) is 9.24 Å². The maximum absolute atomic E-state index is 13.1. The summed E-state index contributed by atoms with van der Waals surface area (Å²) in [6, 6.07) is 0. The van der Waals surface area contributed by atoms with Gasteiger partial charge in [0.2, 0.25) is 0 Å². The molecule has 0 aliphatic carbocycles. The summed E-state index contributed by atoms with van der Waals surface area (Å²) in [5.74, 6) is -6.20. The molecule has 0 aromatic heterocycles. The van der Waals surface area contributed by atoms with E-state index in [1.807, 2.05) is 13.8 Å². The zero-order chi connectivity index (χ0) is 13.0. The van der Waals surface area contributed by atoms with E-state index in [1.165, 1.54) is 0 Å². The van der Waals surface area contributed by atoms with E-state index >= 15 is 0 Å². The molecule has 1 aromatic rings. The lowest BCUT2D eigenvalue weighted by atomic mass is 10.1. The molecule has 0 spiro atoms. The van der Waals surface area contributed by atoms with Crippen LogP contribution >= 0.6 is 9.24 Å². The number of hydrogen-bond donors (Lipinski definition) is 2. The molecule has 0 heterocycles. The SMILES string of the molecule is CC.Nc1c(F)c(F)c(P)c(F)c1C(=O)O. The molecule has 0 saturated heterocycles. The molecular weight excluding hydrogens is 242 g/mol. The number of hydrogen-bond acceptors (Lipinski definition) is 2. The number of rotatable bonds is 1. The highest BCUT2D eigenvalue weighted by atomic mass is 31.0. The Kier molecular flexibility index (Phi) is 5.24. The smallest absolute Gasteiger partial charge is 0.340 e. The lowest BCUT2D eigenvalue weighted by Crippen LogP contribution is -2.18. The van der Waals surface area contributed by atoms with Crippen LogP contribution in [0.15, 0.2) is 0 Å². The zero-order valence-corrected chi connectivity index (χ0v) is 9.80. The van der Waals surface area contributed by atoms with Crippen molar-refractivity contribution in [3.8, 4) is 0 Å². The molecule has 90 valence electrons. The van der Waals surface area contributed by atoms with Gasteiger partial charge >= 0.3 is 5.97 Å². The summed E-state index contributed by atoms with van der Waals surface area (Å²) < 4.78 is 38.7. The average Bonchev–Trinajstić information content (AvgIpc) is 2.26. The third-order valence-electron chi connectivity index (χ3n) is 1.60. The molecule has 1 rings (SSSR count). The molecule has 7 heteroatoms. The fourth-order valence-corrected chi connectivity index (χ4v) is 1.18. The number of nitrogens with two attached hydrogens (primary N) is 1. The fraction of sp³-hybridized carbons (Fsp3) is 0.222. The number of carbonyl (C=O) groups is 1. The van der Waals surface area contributed by atoms with Crippen LogP contribution in [0.5, 0.6) is 0 Å². The summed E-state index contributed by atoms with van der Waals surface area (Å²) in [6.07, 6.45) is 0. The van der Waals surface area contributed by atoms with Gasteiger partial charge in [0.1, 0.15) is 11.4 Å². The van der Waals surface area contributed by atoms with Crippen LogP contribution in [0.3, 0.4) is 0 Å². The minimum absolute atomic E-state index is 0.783. The van der Waals surface area contributed by atoms with Crippen molar-refractivity contribution in [2.75, 3.05) is 5.73 Å². The van der Waals surface area contributed by atoms with Crippen LogP contribution in [0.2, 0.25) is 0 Å². The van der Waals surface area contributed by atoms with Crippen LogP contribution in [0.1, 0.15) is 24.2 Å². The Bertz CT molecular complexity index is 395. The molecule has 3 nitrogen and oxygen atoms in total. The largest absolute Gasteiger partial charge is 0.478 e. The lowest BCUT2D eigenvalue weighted by molar-refractivity contribution is 0.0693. The summed E-state index contributed by atoms with van der Waals surface area (Å²) >= 11 is 0. The molecule has 0 aliphatic rings. The van der Waals surface area contributed by atoms with E-state index in [0.29, 0.717) is 0 Å². The van der Waals surface area contributed by atoms with E-state index < -0.39 is 40.0 Å². The number of carboxylic acids is 1. The second-order valence-corrected chi connectivity index (χ2v) is 3.03. The molecule has 16 heavy (non-hydrogen) atoms. The summed E-state index contributed by atoms with van der Waals surface area (Å²) in [5, 5.41) is 7.68. The van der Waals surface area contributed by atoms with Crippen LogP contribution in [-0.2, 0) is 0 Å². The summed E-state index contributed by atoms with van der Waals surface area (Å²) in [6.45, 7) is 4.00. The number of benzene rings is 1. The molecule has 0 amide bonds. The van der Waals surface area contributed by atoms with Crippen LogP contribution < -0.4 is 11.0 Å². The summed E-state index contributed by atoms with van der Waals surface area (Å²) in [5.41, 5.74) is 2.80. The van der Waals surface area contributed by atoms with Crippen LogP contribution in [-0.4, -0.2) is 11.1 Å². The molecule has 0 bridgehead atoms. The Morgan fingerprint density at radius 1 is 1.19 bits per heavy atom. The number of nitrogen functional groups attached to an aromatic ring is 1. The third kappa shape index (κ3) is 2.44. The van der Waals surface area contributed by atoms with Gasteiger partial charge in [0.25, 0.3) is 0 Å². The Morgan fingerprint density at radius 3 is 2.00 bits per heavy atom. The fourth-order valence-electron chi connectivity index (χ4n) is 0.905. The van der Waals surface area contributed by atoms with E-state index in [-0.39, 0.29) is 0 Å². The first-order valence-electron chi connectivity index (χ1n) is 4.32. The van der Waals surface area contributed by atoms with E-state index in [4.69, 9.17) is 10.8 Å². The first kappa shape index (κ1) is 14.7. The van der Waals surface area contributed by atoms with Gasteiger partial charge in [-0.05, 0) is 0 Å². The molecule has 0 fully saturated rings. The highest BCUT2D eigenvalue weighted by Crippen LogP contribution is 2.22. The van der Waals surface area contributed by atoms with E-state index in [9.17, 15) is 18.0 Å². The van der Waals surface area contributed by atoms with Crippen molar-refractivity contribution in [3.63, 3.8) is 0 Å². The Hall–Kier alpha value is -1.29. The van der Waals surface area contributed by atoms with Gasteiger partial charge in [-0.25, -0.2) is 18.0 Å². The predicted octanol–water partition coefficient (Wildman–Crippen LogP) is 1.91. The minimum Gasteiger partial charge on any atom is -0.478 e. The van der Waals surface area contributed by atoms with E-state index in [0.717, 1.165) is 0 Å². The molecule has 0 radical (unpaired) electrons. The molecule has 1 aromatic carbocycles. The maximum atomic E-state index is 13.1. The molecular formula is C9H11F3NO2P. The topological polar surface area (TPSA) is 63.3 Å². The summed E-state index contributed by atoms with van der Waals surface area (Å²) in [4.78, 5) is 10.4. The lowest BCUT2D eigenvalue weighted by Gasteiger charge is -2.07. The van der Waals surface area contributed by atoms with Crippen molar-refractivity contribution in [3.05, 3.63) is 23.0 Å². The Morgan fingerprint density at radius 2 is 1.62 bits per heavy atom. The predicted molar refractivity (Wildman–Crippen MR) is 58.4 cm³/mol. The van der Waals surface area contributed by atoms with Gasteiger partial charge < -0.3 is 10.8 Å². The molecule has 3 N–H and O–H groups in total. The molecule has 1 atom stereocenters. The summed E-state index contributed by atoms with van der Waals surface area (Å²) in [7, 11) is 1.57. The van der Waals surface area contributed by atoms with Gasteiger partial charge in [0, 0.05) is 5.30 Å². The number of aromatic carboxylic acids is 1. The van der Waals surface area contributed by atoms with Crippen molar-refractivity contribution in [1.29, 1.82) is 0 Å². The minimum atomic E-state index is -1.75. The average molecular weight is 253 g/mol. The van der Waals surface area contributed by atoms with Crippen molar-refractivity contribution in [2.45, 2.75) is 13.8 Å². The Balaban J connectivity index is 0.00000106. The van der Waals surface area contributed by atoms with Gasteiger partial charge in [-0.2, -0.15) is 0 Å². The van der Waals surface area contributed by atoms with Crippen LogP contribution in [0.25, 0.3) is 0 Å². The van der Waals surface area contributed by atoms with Gasteiger partial charge in [0.05, 0.1) is 5.69 Å². The van der Waals surface area contributed by atoms with Gasteiger partial charge in [-0.1, -0.05) is 23.1 Å². The van der Waals surface area contributed by atoms with Crippen LogP contribution in [0.4, 0.5) is 18.9 Å². The first-order chi connectivity index (χ1) is 7.37. The highest BCUT2D eigenvalue weighted by molar-refractivity contribution is 7.27. The normalized spacial score (nSPS) is 9.38. The first-order valence-corrected chi connectivity index (χ1v) is 4.90. The zero-order valence-electron chi connectivity index (χ0n) is 8.64. The van der Waals surface area contributed by atoms with Gasteiger partial charge in [-0.3, -0.25) is 0 Å². The molecule has 0 aliphatic heterocycles. The second kappa shape index (κ2) is 5.70. The van der Waals surface area contributed by atoms with Crippen molar-refractivity contribution < 1.29 is 23.1 Å². The number of carboxylic acid groups (broad SMARTS) is 1. The monoisotopic (exact) mass is 253 g/mol. The van der Waals surface area contributed by atoms with Gasteiger partial charge in [-0.15, -0.1) is 0 Å². The quantitative estimate of drug-likeness (QED) is 0.456. The number of anilines is 1. The number of halogens is 3. The Labute approximate surface area is 92.7 Å². The maximum Gasteiger partial charge on any atom is 0.340 e. The van der Waals surface area contributed by atoms with Crippen LogP contribution in [0, 0.1) is 17.5 Å².